The number of H-pyrrole nitrogens is 1. The van der Waals surface area contributed by atoms with E-state index in [0.29, 0.717) is 25.3 Å². The van der Waals surface area contributed by atoms with Crippen molar-refractivity contribution < 1.29 is 9.53 Å². The molecule has 1 fully saturated rings. The number of amides is 1. The van der Waals surface area contributed by atoms with Gasteiger partial charge < -0.3 is 9.64 Å². The van der Waals surface area contributed by atoms with Crippen molar-refractivity contribution in [3.05, 3.63) is 17.0 Å². The van der Waals surface area contributed by atoms with Crippen LogP contribution < -0.4 is 0 Å². The first-order chi connectivity index (χ1) is 8.13. The molecule has 1 N–H and O–H groups in total. The zero-order chi connectivity index (χ0) is 12.4. The second-order valence-corrected chi connectivity index (χ2v) is 4.46. The number of aromatic nitrogens is 2. The number of morpholine rings is 1. The minimum absolute atomic E-state index is 0.0653. The average molecular weight is 237 g/mol. The van der Waals surface area contributed by atoms with Gasteiger partial charge in [-0.1, -0.05) is 6.92 Å². The Morgan fingerprint density at radius 2 is 2.35 bits per heavy atom. The zero-order valence-corrected chi connectivity index (χ0v) is 10.6. The number of rotatable bonds is 2. The summed E-state index contributed by atoms with van der Waals surface area (Å²) in [7, 11) is 0. The van der Waals surface area contributed by atoms with Crippen LogP contribution in [0.5, 0.6) is 0 Å². The highest BCUT2D eigenvalue weighted by Crippen LogP contribution is 2.16. The summed E-state index contributed by atoms with van der Waals surface area (Å²) in [5.74, 6) is 0.0653. The molecule has 17 heavy (non-hydrogen) atoms. The Morgan fingerprint density at radius 3 is 2.94 bits per heavy atom. The van der Waals surface area contributed by atoms with E-state index < -0.39 is 0 Å². The third-order valence-electron chi connectivity index (χ3n) is 3.22. The SMILES string of the molecule is CCC1CN(C(=O)c2c(C)n[nH]c2C)CCO1. The molecule has 0 spiro atoms. The van der Waals surface area contributed by atoms with Crippen molar-refractivity contribution in [1.29, 1.82) is 0 Å². The molecule has 0 saturated carbocycles. The first-order valence-electron chi connectivity index (χ1n) is 6.06. The molecule has 1 atom stereocenters. The van der Waals surface area contributed by atoms with Gasteiger partial charge in [0.2, 0.25) is 0 Å². The fraction of sp³-hybridized carbons (Fsp3) is 0.667. The van der Waals surface area contributed by atoms with Crippen LogP contribution in [0.15, 0.2) is 0 Å². The number of carbonyl (C=O) groups is 1. The molecule has 1 aromatic heterocycles. The Bertz CT molecular complexity index is 394. The second kappa shape index (κ2) is 4.87. The van der Waals surface area contributed by atoms with Crippen LogP contribution in [0.4, 0.5) is 0 Å². The monoisotopic (exact) mass is 237 g/mol. The molecule has 2 rings (SSSR count). The molecule has 2 heterocycles. The molecule has 94 valence electrons. The second-order valence-electron chi connectivity index (χ2n) is 4.46. The summed E-state index contributed by atoms with van der Waals surface area (Å²) in [4.78, 5) is 14.2. The summed E-state index contributed by atoms with van der Waals surface area (Å²) in [6.45, 7) is 7.78. The lowest BCUT2D eigenvalue weighted by molar-refractivity contribution is -0.0226. The Balaban J connectivity index is 2.15. The predicted octanol–water partition coefficient (Wildman–Crippen LogP) is 1.28. The number of aromatic amines is 1. The van der Waals surface area contributed by atoms with Crippen molar-refractivity contribution in [2.24, 2.45) is 0 Å². The third-order valence-corrected chi connectivity index (χ3v) is 3.22. The molecule has 0 bridgehead atoms. The predicted molar refractivity (Wildman–Crippen MR) is 64.0 cm³/mol. The number of hydrogen-bond acceptors (Lipinski definition) is 3. The summed E-state index contributed by atoms with van der Waals surface area (Å²) in [6.07, 6.45) is 1.10. The number of nitrogens with one attached hydrogen (secondary N) is 1. The lowest BCUT2D eigenvalue weighted by Crippen LogP contribution is -2.45. The highest BCUT2D eigenvalue weighted by molar-refractivity contribution is 5.96. The molecule has 1 aromatic rings. The molecule has 0 aliphatic carbocycles. The highest BCUT2D eigenvalue weighted by atomic mass is 16.5. The van der Waals surface area contributed by atoms with Gasteiger partial charge in [0.15, 0.2) is 0 Å². The average Bonchev–Trinajstić information content (AvgIpc) is 2.68. The number of aryl methyl sites for hydroxylation is 2. The van der Waals surface area contributed by atoms with E-state index in [1.807, 2.05) is 18.7 Å². The maximum absolute atomic E-state index is 12.4. The Hall–Kier alpha value is -1.36. The van der Waals surface area contributed by atoms with Gasteiger partial charge in [-0.25, -0.2) is 0 Å². The van der Waals surface area contributed by atoms with E-state index in [0.717, 1.165) is 17.8 Å². The molecule has 5 nitrogen and oxygen atoms in total. The molecule has 1 aliphatic rings. The Labute approximate surface area is 101 Å². The van der Waals surface area contributed by atoms with Gasteiger partial charge in [-0.3, -0.25) is 9.89 Å². The van der Waals surface area contributed by atoms with Gasteiger partial charge in [-0.15, -0.1) is 0 Å². The lowest BCUT2D eigenvalue weighted by Gasteiger charge is -2.32. The van der Waals surface area contributed by atoms with Crippen molar-refractivity contribution in [2.45, 2.75) is 33.3 Å². The van der Waals surface area contributed by atoms with E-state index >= 15 is 0 Å². The maximum Gasteiger partial charge on any atom is 0.257 e. The van der Waals surface area contributed by atoms with Crippen LogP contribution >= 0.6 is 0 Å². The molecule has 0 aromatic carbocycles. The minimum atomic E-state index is 0.0653. The quantitative estimate of drug-likeness (QED) is 0.843. The lowest BCUT2D eigenvalue weighted by atomic mass is 10.1. The van der Waals surface area contributed by atoms with Gasteiger partial charge in [0.25, 0.3) is 5.91 Å². The topological polar surface area (TPSA) is 58.2 Å². The number of nitrogens with zero attached hydrogens (tertiary/aromatic N) is 2. The molecular formula is C12H19N3O2. The van der Waals surface area contributed by atoms with Crippen LogP contribution in [0.3, 0.4) is 0 Å². The third kappa shape index (κ3) is 2.34. The smallest absolute Gasteiger partial charge is 0.257 e. The van der Waals surface area contributed by atoms with Crippen molar-refractivity contribution in [3.63, 3.8) is 0 Å². The number of carbonyl (C=O) groups excluding carboxylic acids is 1. The number of ether oxygens (including phenoxy) is 1. The van der Waals surface area contributed by atoms with Crippen LogP contribution in [0.25, 0.3) is 0 Å². The molecule has 0 radical (unpaired) electrons. The van der Waals surface area contributed by atoms with E-state index in [1.165, 1.54) is 0 Å². The molecule has 1 aliphatic heterocycles. The highest BCUT2D eigenvalue weighted by Gasteiger charge is 2.26. The zero-order valence-electron chi connectivity index (χ0n) is 10.6. The van der Waals surface area contributed by atoms with E-state index in [-0.39, 0.29) is 12.0 Å². The van der Waals surface area contributed by atoms with Gasteiger partial charge >= 0.3 is 0 Å². The molecule has 1 unspecified atom stereocenters. The van der Waals surface area contributed by atoms with E-state index in [1.54, 1.807) is 0 Å². The summed E-state index contributed by atoms with van der Waals surface area (Å²) >= 11 is 0. The summed E-state index contributed by atoms with van der Waals surface area (Å²) in [6, 6.07) is 0. The first kappa shape index (κ1) is 12.1. The normalized spacial score (nSPS) is 20.6. The van der Waals surface area contributed by atoms with Crippen LogP contribution in [0.2, 0.25) is 0 Å². The van der Waals surface area contributed by atoms with E-state index in [2.05, 4.69) is 17.1 Å². The Kier molecular flexibility index (Phi) is 3.47. The number of hydrogen-bond donors (Lipinski definition) is 1. The van der Waals surface area contributed by atoms with Crippen molar-refractivity contribution in [3.8, 4) is 0 Å². The van der Waals surface area contributed by atoms with E-state index in [4.69, 9.17) is 4.74 Å². The summed E-state index contributed by atoms with van der Waals surface area (Å²) < 4.78 is 5.57. The summed E-state index contributed by atoms with van der Waals surface area (Å²) in [5, 5.41) is 6.92. The molecule has 1 saturated heterocycles. The van der Waals surface area contributed by atoms with Gasteiger partial charge in [-0.05, 0) is 20.3 Å². The largest absolute Gasteiger partial charge is 0.375 e. The van der Waals surface area contributed by atoms with Gasteiger partial charge in [0, 0.05) is 18.8 Å². The van der Waals surface area contributed by atoms with Crippen molar-refractivity contribution >= 4 is 5.91 Å². The van der Waals surface area contributed by atoms with Crippen LogP contribution in [-0.2, 0) is 4.74 Å². The van der Waals surface area contributed by atoms with Gasteiger partial charge in [-0.2, -0.15) is 5.10 Å². The summed E-state index contributed by atoms with van der Waals surface area (Å²) in [5.41, 5.74) is 2.32. The standard InChI is InChI=1S/C12H19N3O2/c1-4-10-7-15(5-6-17-10)12(16)11-8(2)13-14-9(11)3/h10H,4-7H2,1-3H3,(H,13,14). The van der Waals surface area contributed by atoms with Crippen molar-refractivity contribution in [1.82, 2.24) is 15.1 Å². The molecular weight excluding hydrogens is 218 g/mol. The Morgan fingerprint density at radius 1 is 1.59 bits per heavy atom. The molecule has 1 amide bonds. The van der Waals surface area contributed by atoms with Gasteiger partial charge in [0.1, 0.15) is 0 Å². The molecule has 5 heteroatoms. The van der Waals surface area contributed by atoms with Gasteiger partial charge in [0.05, 0.1) is 24.0 Å². The van der Waals surface area contributed by atoms with Crippen LogP contribution in [-0.4, -0.2) is 46.8 Å². The van der Waals surface area contributed by atoms with E-state index in [9.17, 15) is 4.79 Å². The van der Waals surface area contributed by atoms with Crippen LogP contribution in [0, 0.1) is 13.8 Å². The fourth-order valence-electron chi connectivity index (χ4n) is 2.17. The maximum atomic E-state index is 12.4. The van der Waals surface area contributed by atoms with Crippen LogP contribution in [0.1, 0.15) is 35.1 Å². The first-order valence-corrected chi connectivity index (χ1v) is 6.06. The fourth-order valence-corrected chi connectivity index (χ4v) is 2.17. The minimum Gasteiger partial charge on any atom is -0.375 e. The van der Waals surface area contributed by atoms with Crippen molar-refractivity contribution in [2.75, 3.05) is 19.7 Å².